The Morgan fingerprint density at radius 1 is 0.769 bits per heavy atom. The molecule has 138 valence electrons. The second-order valence-corrected chi connectivity index (χ2v) is 5.98. The maximum Gasteiger partial charge on any atom is 0.340 e. The smallest absolute Gasteiger partial charge is 0.340 e. The van der Waals surface area contributed by atoms with Gasteiger partial charge in [-0.3, -0.25) is 9.97 Å². The first-order valence-corrected chi connectivity index (χ1v) is 8.61. The largest absolute Gasteiger partial charge is 0.462 e. The van der Waals surface area contributed by atoms with E-state index in [2.05, 4.69) is 9.97 Å². The Labute approximate surface area is 153 Å². The number of pyridine rings is 2. The molecule has 0 N–H and O–H groups in total. The van der Waals surface area contributed by atoms with E-state index in [1.165, 1.54) is 0 Å². The van der Waals surface area contributed by atoms with Crippen LogP contribution in [-0.2, 0) is 9.47 Å². The van der Waals surface area contributed by atoms with Crippen molar-refractivity contribution >= 4 is 11.9 Å². The molecule has 2 aromatic heterocycles. The van der Waals surface area contributed by atoms with Crippen molar-refractivity contribution < 1.29 is 19.1 Å². The Bertz CT molecular complexity index is 788. The molecule has 2 heterocycles. The number of esters is 2. The van der Waals surface area contributed by atoms with Crippen molar-refractivity contribution in [3.63, 3.8) is 0 Å². The van der Waals surface area contributed by atoms with E-state index in [9.17, 15) is 9.59 Å². The third kappa shape index (κ3) is 3.90. The second kappa shape index (κ2) is 8.08. The van der Waals surface area contributed by atoms with Crippen LogP contribution < -0.4 is 0 Å². The summed E-state index contributed by atoms with van der Waals surface area (Å²) in [6, 6.07) is 3.58. The van der Waals surface area contributed by atoms with Crippen LogP contribution in [0.25, 0.3) is 11.1 Å². The van der Waals surface area contributed by atoms with Crippen molar-refractivity contribution in [3.8, 4) is 11.1 Å². The molecule has 0 aliphatic heterocycles. The SMILES string of the molecule is CCOC(=O)c1c(-c2cc(C)nc(C)c2C(=O)OCC)cc(C)nc1C. The summed E-state index contributed by atoms with van der Waals surface area (Å²) in [5, 5.41) is 0. The number of carbonyl (C=O) groups excluding carboxylic acids is 2. The van der Waals surface area contributed by atoms with Gasteiger partial charge < -0.3 is 9.47 Å². The van der Waals surface area contributed by atoms with Crippen LogP contribution in [0, 0.1) is 27.7 Å². The molecule has 0 radical (unpaired) electrons. The molecule has 6 nitrogen and oxygen atoms in total. The van der Waals surface area contributed by atoms with Gasteiger partial charge in [0, 0.05) is 22.5 Å². The van der Waals surface area contributed by atoms with Crippen LogP contribution in [0.1, 0.15) is 57.3 Å². The number of hydrogen-bond acceptors (Lipinski definition) is 6. The third-order valence-corrected chi connectivity index (χ3v) is 3.91. The number of rotatable bonds is 5. The molecule has 0 saturated carbocycles. The van der Waals surface area contributed by atoms with Gasteiger partial charge in [0.1, 0.15) is 0 Å². The summed E-state index contributed by atoms with van der Waals surface area (Å²) in [4.78, 5) is 33.9. The molecule has 0 bridgehead atoms. The molecule has 2 aromatic rings. The average molecular weight is 356 g/mol. The van der Waals surface area contributed by atoms with Crippen molar-refractivity contribution in [1.29, 1.82) is 0 Å². The van der Waals surface area contributed by atoms with E-state index >= 15 is 0 Å². The molecule has 0 aliphatic rings. The third-order valence-electron chi connectivity index (χ3n) is 3.91. The minimum Gasteiger partial charge on any atom is -0.462 e. The summed E-state index contributed by atoms with van der Waals surface area (Å²) in [5.41, 5.74) is 4.51. The predicted molar refractivity (Wildman–Crippen MR) is 98.3 cm³/mol. The van der Waals surface area contributed by atoms with E-state index in [1.54, 1.807) is 39.8 Å². The molecule has 6 heteroatoms. The molecular weight excluding hydrogens is 332 g/mol. The van der Waals surface area contributed by atoms with Gasteiger partial charge in [-0.15, -0.1) is 0 Å². The molecule has 0 atom stereocenters. The lowest BCUT2D eigenvalue weighted by atomic mass is 9.93. The maximum atomic E-state index is 12.6. The minimum absolute atomic E-state index is 0.255. The van der Waals surface area contributed by atoms with E-state index < -0.39 is 11.9 Å². The monoisotopic (exact) mass is 356 g/mol. The van der Waals surface area contributed by atoms with Crippen molar-refractivity contribution in [1.82, 2.24) is 9.97 Å². The summed E-state index contributed by atoms with van der Waals surface area (Å²) >= 11 is 0. The lowest BCUT2D eigenvalue weighted by Gasteiger charge is -2.17. The molecule has 0 aromatic carbocycles. The van der Waals surface area contributed by atoms with Gasteiger partial charge in [0.25, 0.3) is 0 Å². The van der Waals surface area contributed by atoms with E-state index in [4.69, 9.17) is 9.47 Å². The zero-order chi connectivity index (χ0) is 19.4. The fraction of sp³-hybridized carbons (Fsp3) is 0.400. The average Bonchev–Trinajstić information content (AvgIpc) is 2.53. The first kappa shape index (κ1) is 19.6. The molecule has 0 fully saturated rings. The van der Waals surface area contributed by atoms with Crippen LogP contribution in [0.5, 0.6) is 0 Å². The highest BCUT2D eigenvalue weighted by Gasteiger charge is 2.25. The van der Waals surface area contributed by atoms with Crippen LogP contribution in [0.3, 0.4) is 0 Å². The highest BCUT2D eigenvalue weighted by atomic mass is 16.5. The first-order chi connectivity index (χ1) is 12.3. The molecule has 0 spiro atoms. The van der Waals surface area contributed by atoms with E-state index in [0.29, 0.717) is 33.6 Å². The van der Waals surface area contributed by atoms with Crippen molar-refractivity contribution in [3.05, 3.63) is 46.0 Å². The van der Waals surface area contributed by atoms with Gasteiger partial charge in [-0.2, -0.15) is 0 Å². The van der Waals surface area contributed by atoms with Gasteiger partial charge in [0.05, 0.1) is 35.7 Å². The number of aromatic nitrogens is 2. The molecule has 0 amide bonds. The maximum absolute atomic E-state index is 12.6. The summed E-state index contributed by atoms with van der Waals surface area (Å²) in [6.07, 6.45) is 0. The van der Waals surface area contributed by atoms with Gasteiger partial charge in [0.2, 0.25) is 0 Å². The van der Waals surface area contributed by atoms with Gasteiger partial charge in [-0.25, -0.2) is 9.59 Å². The lowest BCUT2D eigenvalue weighted by Crippen LogP contribution is -2.14. The molecule has 0 unspecified atom stereocenters. The van der Waals surface area contributed by atoms with Crippen LogP contribution in [0.2, 0.25) is 0 Å². The first-order valence-electron chi connectivity index (χ1n) is 8.61. The van der Waals surface area contributed by atoms with Gasteiger partial charge in [0.15, 0.2) is 0 Å². The van der Waals surface area contributed by atoms with Crippen LogP contribution >= 0.6 is 0 Å². The Kier molecular flexibility index (Phi) is 6.08. The van der Waals surface area contributed by atoms with Crippen molar-refractivity contribution in [2.24, 2.45) is 0 Å². The normalized spacial score (nSPS) is 10.5. The quantitative estimate of drug-likeness (QED) is 0.760. The standard InChI is InChI=1S/C20H24N2O4/c1-7-25-19(23)17-13(5)21-11(3)9-15(17)16-10-12(4)22-14(6)18(16)20(24)26-8-2/h9-10H,7-8H2,1-6H3. The van der Waals surface area contributed by atoms with E-state index in [-0.39, 0.29) is 13.2 Å². The Balaban J connectivity index is 2.83. The molecule has 0 aliphatic carbocycles. The van der Waals surface area contributed by atoms with Crippen LogP contribution in [0.15, 0.2) is 12.1 Å². The van der Waals surface area contributed by atoms with Crippen LogP contribution in [-0.4, -0.2) is 35.1 Å². The zero-order valence-electron chi connectivity index (χ0n) is 16.1. The Morgan fingerprint density at radius 2 is 1.12 bits per heavy atom. The molecule has 2 rings (SSSR count). The Hall–Kier alpha value is -2.76. The Morgan fingerprint density at radius 3 is 1.42 bits per heavy atom. The van der Waals surface area contributed by atoms with Gasteiger partial charge in [-0.1, -0.05) is 0 Å². The van der Waals surface area contributed by atoms with Crippen LogP contribution in [0.4, 0.5) is 0 Å². The highest BCUT2D eigenvalue weighted by Crippen LogP contribution is 2.32. The fourth-order valence-electron chi connectivity index (χ4n) is 3.00. The summed E-state index contributed by atoms with van der Waals surface area (Å²) in [7, 11) is 0. The van der Waals surface area contributed by atoms with Gasteiger partial charge in [-0.05, 0) is 53.7 Å². The number of ether oxygens (including phenoxy) is 2. The topological polar surface area (TPSA) is 78.4 Å². The van der Waals surface area contributed by atoms with Crippen molar-refractivity contribution in [2.75, 3.05) is 13.2 Å². The number of hydrogen-bond donors (Lipinski definition) is 0. The minimum atomic E-state index is -0.463. The molecule has 26 heavy (non-hydrogen) atoms. The summed E-state index contributed by atoms with van der Waals surface area (Å²) in [5.74, 6) is -0.927. The van der Waals surface area contributed by atoms with Crippen molar-refractivity contribution in [2.45, 2.75) is 41.5 Å². The number of carbonyl (C=O) groups is 2. The number of nitrogens with zero attached hydrogens (tertiary/aromatic N) is 2. The number of aryl methyl sites for hydroxylation is 4. The predicted octanol–water partition coefficient (Wildman–Crippen LogP) is 3.73. The van der Waals surface area contributed by atoms with E-state index in [1.807, 2.05) is 13.8 Å². The summed E-state index contributed by atoms with van der Waals surface area (Å²) < 4.78 is 10.4. The highest BCUT2D eigenvalue weighted by molar-refractivity contribution is 6.04. The zero-order valence-corrected chi connectivity index (χ0v) is 16.1. The van der Waals surface area contributed by atoms with Gasteiger partial charge >= 0.3 is 11.9 Å². The van der Waals surface area contributed by atoms with E-state index in [0.717, 1.165) is 11.4 Å². The second-order valence-electron chi connectivity index (χ2n) is 5.98. The molecular formula is C20H24N2O4. The lowest BCUT2D eigenvalue weighted by molar-refractivity contribution is 0.0513. The molecule has 0 saturated heterocycles. The summed E-state index contributed by atoms with van der Waals surface area (Å²) in [6.45, 7) is 11.2. The fourth-order valence-corrected chi connectivity index (χ4v) is 3.00.